The zero-order valence-corrected chi connectivity index (χ0v) is 10.2. The van der Waals surface area contributed by atoms with Gasteiger partial charge in [-0.05, 0) is 20.3 Å². The minimum atomic E-state index is -4.10. The van der Waals surface area contributed by atoms with Gasteiger partial charge in [-0.2, -0.15) is 13.2 Å². The third-order valence-corrected chi connectivity index (χ3v) is 3.57. The Morgan fingerprint density at radius 2 is 1.94 bits per heavy atom. The van der Waals surface area contributed by atoms with E-state index < -0.39 is 12.1 Å². The van der Waals surface area contributed by atoms with Gasteiger partial charge in [0, 0.05) is 31.7 Å². The second-order valence-corrected chi connectivity index (χ2v) is 5.05. The molecule has 1 N–H and O–H groups in total. The maximum absolute atomic E-state index is 12.7. The van der Waals surface area contributed by atoms with Crippen LogP contribution in [0.3, 0.4) is 0 Å². The highest BCUT2D eigenvalue weighted by atomic mass is 19.4. The van der Waals surface area contributed by atoms with Gasteiger partial charge in [0.05, 0.1) is 5.92 Å². The second kappa shape index (κ2) is 4.92. The fraction of sp³-hybridized carbons (Fsp3) is 1.00. The molecular formula is C11H21F3N2. The second-order valence-electron chi connectivity index (χ2n) is 5.05. The summed E-state index contributed by atoms with van der Waals surface area (Å²) in [4.78, 5) is 1.95. The Labute approximate surface area is 95.2 Å². The Balaban J connectivity index is 2.73. The normalized spacial score (nSPS) is 25.5. The average molecular weight is 238 g/mol. The summed E-state index contributed by atoms with van der Waals surface area (Å²) >= 11 is 0. The lowest BCUT2D eigenvalue weighted by molar-refractivity contribution is -0.178. The third-order valence-electron chi connectivity index (χ3n) is 3.57. The zero-order chi connectivity index (χ0) is 12.4. The number of nitrogens with zero attached hydrogens (tertiary/aromatic N) is 1. The van der Waals surface area contributed by atoms with Gasteiger partial charge in [-0.3, -0.25) is 4.90 Å². The Morgan fingerprint density at radius 1 is 1.31 bits per heavy atom. The van der Waals surface area contributed by atoms with E-state index in [0.717, 1.165) is 6.42 Å². The van der Waals surface area contributed by atoms with Gasteiger partial charge in [0.1, 0.15) is 0 Å². The molecular weight excluding hydrogens is 217 g/mol. The molecule has 0 bridgehead atoms. The molecule has 5 heteroatoms. The van der Waals surface area contributed by atoms with Gasteiger partial charge in [0.2, 0.25) is 0 Å². The molecule has 0 radical (unpaired) electrons. The summed E-state index contributed by atoms with van der Waals surface area (Å²) in [7, 11) is 0. The molecule has 1 aliphatic heterocycles. The summed E-state index contributed by atoms with van der Waals surface area (Å²) in [5.41, 5.74) is -0.157. The Kier molecular flexibility index (Phi) is 4.23. The van der Waals surface area contributed by atoms with Crippen LogP contribution in [0, 0.1) is 5.92 Å². The fourth-order valence-electron chi connectivity index (χ4n) is 1.90. The predicted octanol–water partition coefficient (Wildman–Crippen LogP) is 2.26. The monoisotopic (exact) mass is 238 g/mol. The molecule has 0 spiro atoms. The van der Waals surface area contributed by atoms with E-state index in [1.807, 2.05) is 25.7 Å². The van der Waals surface area contributed by atoms with Crippen LogP contribution in [-0.2, 0) is 0 Å². The van der Waals surface area contributed by atoms with Crippen LogP contribution in [0.15, 0.2) is 0 Å². The number of rotatable bonds is 2. The molecule has 1 saturated heterocycles. The van der Waals surface area contributed by atoms with Crippen molar-refractivity contribution in [3.63, 3.8) is 0 Å². The Hall–Kier alpha value is -0.290. The molecule has 0 amide bonds. The molecule has 0 aliphatic carbocycles. The maximum atomic E-state index is 12.7. The first-order valence-corrected chi connectivity index (χ1v) is 5.80. The lowest BCUT2D eigenvalue weighted by Crippen LogP contribution is -2.48. The van der Waals surface area contributed by atoms with Gasteiger partial charge in [-0.1, -0.05) is 6.92 Å². The number of nitrogens with one attached hydrogen (secondary N) is 1. The van der Waals surface area contributed by atoms with Crippen LogP contribution in [0.2, 0.25) is 0 Å². The van der Waals surface area contributed by atoms with E-state index in [0.29, 0.717) is 13.1 Å². The molecule has 1 fully saturated rings. The molecule has 2 nitrogen and oxygen atoms in total. The van der Waals surface area contributed by atoms with E-state index in [2.05, 4.69) is 5.32 Å². The molecule has 16 heavy (non-hydrogen) atoms. The average Bonchev–Trinajstić information content (AvgIpc) is 2.42. The van der Waals surface area contributed by atoms with Crippen molar-refractivity contribution in [3.05, 3.63) is 0 Å². The summed E-state index contributed by atoms with van der Waals surface area (Å²) in [6, 6.07) is 0. The van der Waals surface area contributed by atoms with Gasteiger partial charge in [-0.15, -0.1) is 0 Å². The van der Waals surface area contributed by atoms with Crippen LogP contribution in [0.5, 0.6) is 0 Å². The van der Waals surface area contributed by atoms with Gasteiger partial charge >= 0.3 is 6.18 Å². The van der Waals surface area contributed by atoms with Crippen molar-refractivity contribution in [1.29, 1.82) is 0 Å². The van der Waals surface area contributed by atoms with E-state index in [-0.39, 0.29) is 18.6 Å². The van der Waals surface area contributed by atoms with Crippen LogP contribution < -0.4 is 5.32 Å². The van der Waals surface area contributed by atoms with Crippen LogP contribution in [0.4, 0.5) is 13.2 Å². The summed E-state index contributed by atoms with van der Waals surface area (Å²) in [5, 5.41) is 2.87. The predicted molar refractivity (Wildman–Crippen MR) is 58.4 cm³/mol. The number of hydrogen-bond donors (Lipinski definition) is 1. The molecule has 96 valence electrons. The van der Waals surface area contributed by atoms with E-state index >= 15 is 0 Å². The zero-order valence-electron chi connectivity index (χ0n) is 10.2. The van der Waals surface area contributed by atoms with Gasteiger partial charge in [0.25, 0.3) is 0 Å². The van der Waals surface area contributed by atoms with E-state index in [1.165, 1.54) is 0 Å². The summed E-state index contributed by atoms with van der Waals surface area (Å²) in [5.74, 6) is -1.25. The van der Waals surface area contributed by atoms with Crippen LogP contribution >= 0.6 is 0 Å². The summed E-state index contributed by atoms with van der Waals surface area (Å²) in [6.45, 7) is 7.50. The van der Waals surface area contributed by atoms with Crippen LogP contribution in [-0.4, -0.2) is 42.8 Å². The first kappa shape index (κ1) is 13.8. The first-order chi connectivity index (χ1) is 7.27. The van der Waals surface area contributed by atoms with Gasteiger partial charge in [-0.25, -0.2) is 0 Å². The van der Waals surface area contributed by atoms with Gasteiger partial charge in [0.15, 0.2) is 0 Å². The third kappa shape index (κ3) is 3.35. The lowest BCUT2D eigenvalue weighted by Gasteiger charge is -2.38. The minimum Gasteiger partial charge on any atom is -0.315 e. The molecule has 0 aromatic rings. The Bertz CT molecular complexity index is 226. The highest BCUT2D eigenvalue weighted by Gasteiger charge is 2.42. The number of hydrogen-bond acceptors (Lipinski definition) is 2. The fourth-order valence-corrected chi connectivity index (χ4v) is 1.90. The molecule has 0 aromatic heterocycles. The van der Waals surface area contributed by atoms with Crippen LogP contribution in [0.25, 0.3) is 0 Å². The quantitative estimate of drug-likeness (QED) is 0.794. The molecule has 1 unspecified atom stereocenters. The van der Waals surface area contributed by atoms with E-state index in [9.17, 15) is 13.2 Å². The first-order valence-electron chi connectivity index (χ1n) is 5.80. The standard InChI is InChI=1S/C11H21F3N2/c1-4-10(2,3)16-6-5-15-7-9(8-16)11(12,13)14/h9,15H,4-8H2,1-3H3. The Morgan fingerprint density at radius 3 is 2.44 bits per heavy atom. The topological polar surface area (TPSA) is 15.3 Å². The molecule has 1 atom stereocenters. The molecule has 1 aliphatic rings. The van der Waals surface area contributed by atoms with Crippen molar-refractivity contribution < 1.29 is 13.2 Å². The van der Waals surface area contributed by atoms with Crippen LogP contribution in [0.1, 0.15) is 27.2 Å². The minimum absolute atomic E-state index is 0.0415. The smallest absolute Gasteiger partial charge is 0.315 e. The van der Waals surface area contributed by atoms with Crippen molar-refractivity contribution in [2.45, 2.75) is 38.9 Å². The molecule has 1 rings (SSSR count). The van der Waals surface area contributed by atoms with Crippen molar-refractivity contribution in [1.82, 2.24) is 10.2 Å². The largest absolute Gasteiger partial charge is 0.394 e. The SMILES string of the molecule is CCC(C)(C)N1CCNCC(C(F)(F)F)C1. The number of halogens is 3. The van der Waals surface area contributed by atoms with E-state index in [4.69, 9.17) is 0 Å². The number of alkyl halides is 3. The van der Waals surface area contributed by atoms with Crippen molar-refractivity contribution >= 4 is 0 Å². The summed E-state index contributed by atoms with van der Waals surface area (Å²) < 4.78 is 38.2. The molecule has 0 saturated carbocycles. The highest BCUT2D eigenvalue weighted by Crippen LogP contribution is 2.30. The van der Waals surface area contributed by atoms with Crippen molar-refractivity contribution in [2.24, 2.45) is 5.92 Å². The molecule has 0 aromatic carbocycles. The lowest BCUT2D eigenvalue weighted by atomic mass is 9.97. The van der Waals surface area contributed by atoms with Crippen molar-refractivity contribution in [2.75, 3.05) is 26.2 Å². The maximum Gasteiger partial charge on any atom is 0.394 e. The van der Waals surface area contributed by atoms with Gasteiger partial charge < -0.3 is 5.32 Å². The summed E-state index contributed by atoms with van der Waals surface area (Å²) in [6.07, 6.45) is -3.24. The highest BCUT2D eigenvalue weighted by molar-refractivity contribution is 4.87. The van der Waals surface area contributed by atoms with E-state index in [1.54, 1.807) is 0 Å². The molecule has 1 heterocycles. The van der Waals surface area contributed by atoms with Crippen molar-refractivity contribution in [3.8, 4) is 0 Å².